The zero-order valence-corrected chi connectivity index (χ0v) is 21.4. The van der Waals surface area contributed by atoms with Gasteiger partial charge in [0.1, 0.15) is 12.4 Å². The van der Waals surface area contributed by atoms with Gasteiger partial charge in [-0.05, 0) is 79.9 Å². The van der Waals surface area contributed by atoms with E-state index >= 15 is 0 Å². The summed E-state index contributed by atoms with van der Waals surface area (Å²) in [6.07, 6.45) is 0.759. The highest BCUT2D eigenvalue weighted by Crippen LogP contribution is 2.39. The Morgan fingerprint density at radius 1 is 0.889 bits per heavy atom. The highest BCUT2D eigenvalue weighted by molar-refractivity contribution is 5.95. The fraction of sp³-hybridized carbons (Fsp3) is 0.345. The van der Waals surface area contributed by atoms with Crippen LogP contribution in [0.15, 0.2) is 60.7 Å². The van der Waals surface area contributed by atoms with Gasteiger partial charge >= 0.3 is 0 Å². The van der Waals surface area contributed by atoms with Crippen molar-refractivity contribution in [3.05, 3.63) is 77.4 Å². The molecule has 0 radical (unpaired) electrons. The van der Waals surface area contributed by atoms with Crippen molar-refractivity contribution in [2.45, 2.75) is 32.4 Å². The van der Waals surface area contributed by atoms with E-state index in [4.69, 9.17) is 23.7 Å². The van der Waals surface area contributed by atoms with E-state index in [0.29, 0.717) is 41.5 Å². The Balaban J connectivity index is 1.67. The zero-order valence-electron chi connectivity index (χ0n) is 21.4. The molecule has 0 bridgehead atoms. The van der Waals surface area contributed by atoms with Crippen LogP contribution in [0, 0.1) is 0 Å². The molecule has 0 spiro atoms. The molecule has 0 saturated carbocycles. The van der Waals surface area contributed by atoms with Crippen LogP contribution in [-0.2, 0) is 6.42 Å². The number of hydrogen-bond acceptors (Lipinski definition) is 6. The van der Waals surface area contributed by atoms with Gasteiger partial charge in [-0.25, -0.2) is 0 Å². The van der Waals surface area contributed by atoms with Crippen LogP contribution in [0.4, 0.5) is 0 Å². The summed E-state index contributed by atoms with van der Waals surface area (Å²) in [4.78, 5) is 15.6. The molecular weight excluding hydrogens is 458 g/mol. The van der Waals surface area contributed by atoms with Crippen LogP contribution < -0.4 is 23.7 Å². The molecule has 0 aromatic heterocycles. The number of rotatable bonds is 9. The third kappa shape index (κ3) is 5.35. The van der Waals surface area contributed by atoms with E-state index in [1.54, 1.807) is 21.3 Å². The van der Waals surface area contributed by atoms with E-state index in [9.17, 15) is 4.79 Å². The first kappa shape index (κ1) is 25.2. The Kier molecular flexibility index (Phi) is 7.88. The Labute approximate surface area is 212 Å². The molecule has 0 saturated heterocycles. The van der Waals surface area contributed by atoms with Crippen molar-refractivity contribution in [2.75, 3.05) is 34.5 Å². The van der Waals surface area contributed by atoms with Crippen LogP contribution in [0.2, 0.25) is 0 Å². The molecule has 1 atom stereocenters. The quantitative estimate of drug-likeness (QED) is 0.404. The van der Waals surface area contributed by atoms with Crippen molar-refractivity contribution in [2.24, 2.45) is 0 Å². The zero-order chi connectivity index (χ0) is 25.7. The predicted octanol–water partition coefficient (Wildman–Crippen LogP) is 5.32. The highest BCUT2D eigenvalue weighted by atomic mass is 16.5. The second kappa shape index (κ2) is 11.2. The number of nitrogens with zero attached hydrogens (tertiary/aromatic N) is 1. The summed E-state index contributed by atoms with van der Waals surface area (Å²) in [5.74, 6) is 3.21. The van der Waals surface area contributed by atoms with Crippen molar-refractivity contribution < 1.29 is 28.5 Å². The second-order valence-electron chi connectivity index (χ2n) is 8.82. The molecular formula is C29H33NO6. The number of para-hydroxylation sites is 2. The standard InChI is InChI=1S/C29H33NO6/c1-19(2)36-22-12-10-20(11-13-22)29(31)30-15-14-21-16-27(33-4)28(34-5)17-23(21)24(30)18-35-26-9-7-6-8-25(26)32-3/h6-13,16-17,19,24H,14-15,18H2,1-5H3/t24-/m0/s1. The molecule has 7 heteroatoms. The van der Waals surface area contributed by atoms with Gasteiger partial charge in [-0.1, -0.05) is 12.1 Å². The molecule has 0 aliphatic carbocycles. The number of amides is 1. The van der Waals surface area contributed by atoms with Crippen LogP contribution in [0.1, 0.15) is 41.4 Å². The number of carbonyl (C=O) groups excluding carboxylic acids is 1. The van der Waals surface area contributed by atoms with Crippen LogP contribution in [0.25, 0.3) is 0 Å². The van der Waals surface area contributed by atoms with Gasteiger partial charge in [-0.2, -0.15) is 0 Å². The summed E-state index contributed by atoms with van der Waals surface area (Å²) in [5, 5.41) is 0. The first-order valence-corrected chi connectivity index (χ1v) is 12.0. The number of fused-ring (bicyclic) bond motifs is 1. The molecule has 4 rings (SSSR count). The molecule has 1 aliphatic heterocycles. The maximum atomic E-state index is 13.7. The second-order valence-corrected chi connectivity index (χ2v) is 8.82. The van der Waals surface area contributed by atoms with E-state index in [0.717, 1.165) is 16.9 Å². The van der Waals surface area contributed by atoms with Gasteiger partial charge < -0.3 is 28.6 Å². The number of carbonyl (C=O) groups is 1. The highest BCUT2D eigenvalue weighted by Gasteiger charge is 2.33. The topological polar surface area (TPSA) is 66.5 Å². The molecule has 0 fully saturated rings. The molecule has 0 N–H and O–H groups in total. The van der Waals surface area contributed by atoms with Crippen molar-refractivity contribution in [3.8, 4) is 28.7 Å². The van der Waals surface area contributed by atoms with Crippen LogP contribution in [0.3, 0.4) is 0 Å². The third-order valence-electron chi connectivity index (χ3n) is 6.20. The summed E-state index contributed by atoms with van der Waals surface area (Å²) in [6.45, 7) is 4.74. The summed E-state index contributed by atoms with van der Waals surface area (Å²) in [5.41, 5.74) is 2.67. The average molecular weight is 492 g/mol. The minimum atomic E-state index is -0.336. The normalized spacial score (nSPS) is 14.7. The van der Waals surface area contributed by atoms with Gasteiger partial charge in [0.05, 0.1) is 33.5 Å². The van der Waals surface area contributed by atoms with Gasteiger partial charge in [0.15, 0.2) is 23.0 Å². The monoisotopic (exact) mass is 491 g/mol. The molecule has 1 aliphatic rings. The summed E-state index contributed by atoms with van der Waals surface area (Å²) in [6, 6.07) is 18.4. The van der Waals surface area contributed by atoms with Gasteiger partial charge in [-0.3, -0.25) is 4.79 Å². The van der Waals surface area contributed by atoms with E-state index in [1.165, 1.54) is 0 Å². The average Bonchev–Trinajstić information content (AvgIpc) is 2.90. The van der Waals surface area contributed by atoms with Gasteiger partial charge in [0.25, 0.3) is 5.91 Å². The maximum absolute atomic E-state index is 13.7. The molecule has 3 aromatic rings. The molecule has 1 amide bonds. The lowest BCUT2D eigenvalue weighted by Gasteiger charge is -2.37. The lowest BCUT2D eigenvalue weighted by molar-refractivity contribution is 0.0587. The van der Waals surface area contributed by atoms with E-state index in [2.05, 4.69) is 0 Å². The summed E-state index contributed by atoms with van der Waals surface area (Å²) in [7, 11) is 4.84. The van der Waals surface area contributed by atoms with Crippen molar-refractivity contribution in [1.82, 2.24) is 4.90 Å². The summed E-state index contributed by atoms with van der Waals surface area (Å²) < 4.78 is 28.5. The van der Waals surface area contributed by atoms with Crippen LogP contribution in [0.5, 0.6) is 28.7 Å². The van der Waals surface area contributed by atoms with Crippen molar-refractivity contribution in [1.29, 1.82) is 0 Å². The molecule has 0 unspecified atom stereocenters. The van der Waals surface area contributed by atoms with Gasteiger partial charge in [0.2, 0.25) is 0 Å². The van der Waals surface area contributed by atoms with Gasteiger partial charge in [0, 0.05) is 12.1 Å². The molecule has 36 heavy (non-hydrogen) atoms. The Bertz CT molecular complexity index is 1190. The first-order chi connectivity index (χ1) is 17.4. The molecule has 3 aromatic carbocycles. The Morgan fingerprint density at radius 2 is 1.53 bits per heavy atom. The largest absolute Gasteiger partial charge is 0.493 e. The fourth-order valence-corrected chi connectivity index (χ4v) is 4.47. The smallest absolute Gasteiger partial charge is 0.254 e. The SMILES string of the molecule is COc1cc2c(cc1OC)[C@H](COc1ccccc1OC)N(C(=O)c1ccc(OC(C)C)cc1)CC2. The Morgan fingerprint density at radius 3 is 2.17 bits per heavy atom. The van der Waals surface area contributed by atoms with Crippen molar-refractivity contribution >= 4 is 5.91 Å². The fourth-order valence-electron chi connectivity index (χ4n) is 4.47. The van der Waals surface area contributed by atoms with E-state index in [-0.39, 0.29) is 24.7 Å². The maximum Gasteiger partial charge on any atom is 0.254 e. The molecule has 190 valence electrons. The lowest BCUT2D eigenvalue weighted by atomic mass is 9.91. The van der Waals surface area contributed by atoms with Crippen molar-refractivity contribution in [3.63, 3.8) is 0 Å². The number of hydrogen-bond donors (Lipinski definition) is 0. The van der Waals surface area contributed by atoms with Crippen LogP contribution in [-0.4, -0.2) is 51.4 Å². The predicted molar refractivity (Wildman–Crippen MR) is 138 cm³/mol. The molecule has 7 nitrogen and oxygen atoms in total. The first-order valence-electron chi connectivity index (χ1n) is 12.0. The minimum absolute atomic E-state index is 0.0635. The molecule has 1 heterocycles. The van der Waals surface area contributed by atoms with Gasteiger partial charge in [-0.15, -0.1) is 0 Å². The van der Waals surface area contributed by atoms with E-state index in [1.807, 2.05) is 79.4 Å². The Hall–Kier alpha value is -3.87. The number of ether oxygens (including phenoxy) is 5. The summed E-state index contributed by atoms with van der Waals surface area (Å²) >= 11 is 0. The minimum Gasteiger partial charge on any atom is -0.493 e. The lowest BCUT2D eigenvalue weighted by Crippen LogP contribution is -2.42. The number of methoxy groups -OCH3 is 3. The number of benzene rings is 3. The van der Waals surface area contributed by atoms with Crippen LogP contribution >= 0.6 is 0 Å². The third-order valence-corrected chi connectivity index (χ3v) is 6.20. The van der Waals surface area contributed by atoms with E-state index < -0.39 is 0 Å².